The zero-order valence-electron chi connectivity index (χ0n) is 20.2. The van der Waals surface area contributed by atoms with Crippen LogP contribution in [0.25, 0.3) is 0 Å². The van der Waals surface area contributed by atoms with Crippen molar-refractivity contribution < 1.29 is 22.7 Å². The van der Waals surface area contributed by atoms with Gasteiger partial charge in [0.2, 0.25) is 15.9 Å². The Kier molecular flexibility index (Phi) is 10.9. The summed E-state index contributed by atoms with van der Waals surface area (Å²) in [6.45, 7) is 3.60. The Labute approximate surface area is 207 Å². The molecule has 10 heteroatoms. The normalized spacial score (nSPS) is 12.1. The van der Waals surface area contributed by atoms with E-state index in [2.05, 4.69) is 10.0 Å². The van der Waals surface area contributed by atoms with Crippen molar-refractivity contribution in [1.29, 1.82) is 5.41 Å². The molecule has 0 aliphatic heterocycles. The number of unbranched alkanes of at least 4 members (excludes halogenated alkanes) is 1. The zero-order chi connectivity index (χ0) is 25.8. The first-order valence-corrected chi connectivity index (χ1v) is 13.0. The Balaban J connectivity index is 1.87. The molecule has 0 fully saturated rings. The quantitative estimate of drug-likeness (QED) is 0.135. The molecule has 1 unspecified atom stereocenters. The second-order valence-corrected chi connectivity index (χ2v) is 10.0. The van der Waals surface area contributed by atoms with Gasteiger partial charge in [-0.05, 0) is 50.8 Å². The first kappa shape index (κ1) is 28.0. The van der Waals surface area contributed by atoms with E-state index < -0.39 is 22.0 Å². The molecule has 9 nitrogen and oxygen atoms in total. The first-order valence-electron chi connectivity index (χ1n) is 11.6. The fourth-order valence-corrected chi connectivity index (χ4v) is 4.45. The Morgan fingerprint density at radius 2 is 1.71 bits per heavy atom. The molecular formula is C25H34N4O5S. The second-order valence-electron chi connectivity index (χ2n) is 8.26. The van der Waals surface area contributed by atoms with E-state index in [1.54, 1.807) is 31.2 Å². The van der Waals surface area contributed by atoms with Gasteiger partial charge in [0.25, 0.3) is 0 Å². The van der Waals surface area contributed by atoms with E-state index in [0.29, 0.717) is 12.0 Å². The summed E-state index contributed by atoms with van der Waals surface area (Å²) in [6.07, 6.45) is 2.28. The van der Waals surface area contributed by atoms with Crippen molar-refractivity contribution in [2.24, 2.45) is 5.73 Å². The molecule has 2 rings (SSSR count). The standard InChI is InChI=1S/C25H34N4O5S/c1-3-34-24(31)16-21(17-28-35(32,33)22-14-8-18(2)9-15-22)29-23(30)7-5-4-6-19-10-12-20(13-11-19)25(26)27/h8-15,21,28H,3-7,16-17H2,1-2H3,(H3,26,27)(H,29,30). The number of amides is 1. The van der Waals surface area contributed by atoms with Crippen LogP contribution in [0.15, 0.2) is 53.4 Å². The number of aryl methyl sites for hydroxylation is 2. The number of nitrogen functional groups attached to an aromatic ring is 1. The Morgan fingerprint density at radius 1 is 1.06 bits per heavy atom. The van der Waals surface area contributed by atoms with E-state index in [4.69, 9.17) is 15.9 Å². The molecule has 1 atom stereocenters. The van der Waals surface area contributed by atoms with Gasteiger partial charge in [-0.25, -0.2) is 13.1 Å². The molecule has 1 amide bonds. The molecule has 0 aliphatic carbocycles. The minimum atomic E-state index is -3.79. The SMILES string of the molecule is CCOC(=O)CC(CNS(=O)(=O)c1ccc(C)cc1)NC(=O)CCCCc1ccc(C(=N)N)cc1. The number of nitrogens with one attached hydrogen (secondary N) is 3. The van der Waals surface area contributed by atoms with Crippen LogP contribution in [-0.4, -0.2) is 45.3 Å². The number of amidine groups is 1. The zero-order valence-corrected chi connectivity index (χ0v) is 21.0. The van der Waals surface area contributed by atoms with Crippen molar-refractivity contribution in [3.63, 3.8) is 0 Å². The van der Waals surface area contributed by atoms with E-state index in [0.717, 1.165) is 24.0 Å². The van der Waals surface area contributed by atoms with Gasteiger partial charge in [-0.15, -0.1) is 0 Å². The smallest absolute Gasteiger partial charge is 0.307 e. The van der Waals surface area contributed by atoms with Crippen LogP contribution < -0.4 is 15.8 Å². The van der Waals surface area contributed by atoms with Crippen molar-refractivity contribution in [2.45, 2.75) is 56.9 Å². The summed E-state index contributed by atoms with van der Waals surface area (Å²) >= 11 is 0. The molecule has 0 aliphatic rings. The molecule has 5 N–H and O–H groups in total. The summed E-state index contributed by atoms with van der Waals surface area (Å²) in [5.41, 5.74) is 8.14. The van der Waals surface area contributed by atoms with Gasteiger partial charge in [0, 0.05) is 18.5 Å². The third kappa shape index (κ3) is 9.87. The molecule has 2 aromatic rings. The average molecular weight is 503 g/mol. The second kappa shape index (κ2) is 13.6. The molecule has 35 heavy (non-hydrogen) atoms. The monoisotopic (exact) mass is 502 g/mol. The summed E-state index contributed by atoms with van der Waals surface area (Å²) in [7, 11) is -3.79. The van der Waals surface area contributed by atoms with Crippen molar-refractivity contribution in [2.75, 3.05) is 13.2 Å². The van der Waals surface area contributed by atoms with Gasteiger partial charge in [0.05, 0.1) is 24.0 Å². The summed E-state index contributed by atoms with van der Waals surface area (Å²) < 4.78 is 32.6. The number of hydrogen-bond acceptors (Lipinski definition) is 6. The summed E-state index contributed by atoms with van der Waals surface area (Å²) in [5, 5.41) is 10.2. The number of carbonyl (C=O) groups excluding carboxylic acids is 2. The molecule has 0 radical (unpaired) electrons. The van der Waals surface area contributed by atoms with Gasteiger partial charge in [0.1, 0.15) is 5.84 Å². The molecule has 0 saturated heterocycles. The number of hydrogen-bond donors (Lipinski definition) is 4. The van der Waals surface area contributed by atoms with E-state index in [-0.39, 0.29) is 42.6 Å². The van der Waals surface area contributed by atoms with Gasteiger partial charge in [0.15, 0.2) is 0 Å². The number of benzene rings is 2. The van der Waals surface area contributed by atoms with Gasteiger partial charge in [-0.3, -0.25) is 15.0 Å². The highest BCUT2D eigenvalue weighted by molar-refractivity contribution is 7.89. The number of ether oxygens (including phenoxy) is 1. The predicted octanol–water partition coefficient (Wildman–Crippen LogP) is 2.41. The van der Waals surface area contributed by atoms with E-state index in [1.807, 2.05) is 19.1 Å². The first-order chi connectivity index (χ1) is 16.6. The average Bonchev–Trinajstić information content (AvgIpc) is 2.81. The van der Waals surface area contributed by atoms with Crippen LogP contribution in [0.5, 0.6) is 0 Å². The topological polar surface area (TPSA) is 151 Å². The van der Waals surface area contributed by atoms with Crippen molar-refractivity contribution in [3.8, 4) is 0 Å². The lowest BCUT2D eigenvalue weighted by molar-refractivity contribution is -0.143. The lowest BCUT2D eigenvalue weighted by atomic mass is 10.0. The molecule has 0 spiro atoms. The number of rotatable bonds is 14. The lowest BCUT2D eigenvalue weighted by Gasteiger charge is -2.19. The summed E-state index contributed by atoms with van der Waals surface area (Å²) in [4.78, 5) is 24.6. The van der Waals surface area contributed by atoms with Crippen molar-refractivity contribution >= 4 is 27.7 Å². The van der Waals surface area contributed by atoms with Crippen LogP contribution in [0, 0.1) is 12.3 Å². The molecule has 0 aromatic heterocycles. The molecule has 190 valence electrons. The Bertz CT molecular complexity index is 1100. The van der Waals surface area contributed by atoms with Gasteiger partial charge in [-0.1, -0.05) is 42.0 Å². The van der Waals surface area contributed by atoms with Crippen molar-refractivity contribution in [1.82, 2.24) is 10.0 Å². The highest BCUT2D eigenvalue weighted by Crippen LogP contribution is 2.11. The summed E-state index contributed by atoms with van der Waals surface area (Å²) in [5.74, 6) is -0.756. The van der Waals surface area contributed by atoms with Gasteiger partial charge < -0.3 is 15.8 Å². The highest BCUT2D eigenvalue weighted by atomic mass is 32.2. The Hall–Kier alpha value is -3.24. The minimum absolute atomic E-state index is 0.0201. The number of sulfonamides is 1. The van der Waals surface area contributed by atoms with E-state index in [1.165, 1.54) is 12.1 Å². The maximum Gasteiger partial charge on any atom is 0.307 e. The van der Waals surface area contributed by atoms with Crippen LogP contribution in [0.3, 0.4) is 0 Å². The van der Waals surface area contributed by atoms with Crippen LogP contribution in [0.1, 0.15) is 49.3 Å². The fourth-order valence-electron chi connectivity index (χ4n) is 3.37. The fraction of sp³-hybridized carbons (Fsp3) is 0.400. The van der Waals surface area contributed by atoms with Gasteiger partial charge in [-0.2, -0.15) is 0 Å². The van der Waals surface area contributed by atoms with Gasteiger partial charge >= 0.3 is 5.97 Å². The third-order valence-corrected chi connectivity index (χ3v) is 6.76. The van der Waals surface area contributed by atoms with E-state index in [9.17, 15) is 18.0 Å². The molecule has 0 saturated carbocycles. The highest BCUT2D eigenvalue weighted by Gasteiger charge is 2.21. The number of nitrogens with two attached hydrogens (primary N) is 1. The largest absolute Gasteiger partial charge is 0.466 e. The lowest BCUT2D eigenvalue weighted by Crippen LogP contribution is -2.45. The number of esters is 1. The maximum atomic E-state index is 12.6. The molecule has 0 heterocycles. The van der Waals surface area contributed by atoms with Crippen LogP contribution in [-0.2, 0) is 30.8 Å². The Morgan fingerprint density at radius 3 is 2.31 bits per heavy atom. The van der Waals surface area contributed by atoms with Crippen LogP contribution in [0.2, 0.25) is 0 Å². The van der Waals surface area contributed by atoms with E-state index >= 15 is 0 Å². The third-order valence-electron chi connectivity index (χ3n) is 5.32. The van der Waals surface area contributed by atoms with Crippen molar-refractivity contribution in [3.05, 3.63) is 65.2 Å². The predicted molar refractivity (Wildman–Crippen MR) is 135 cm³/mol. The maximum absolute atomic E-state index is 12.6. The van der Waals surface area contributed by atoms with Crippen LogP contribution >= 0.6 is 0 Å². The van der Waals surface area contributed by atoms with Crippen LogP contribution in [0.4, 0.5) is 0 Å². The summed E-state index contributed by atoms with van der Waals surface area (Å²) in [6, 6.07) is 13.1. The number of carbonyl (C=O) groups is 2. The molecule has 0 bridgehead atoms. The molecule has 2 aromatic carbocycles. The molecular weight excluding hydrogens is 468 g/mol. The minimum Gasteiger partial charge on any atom is -0.466 e.